The highest BCUT2D eigenvalue weighted by Gasteiger charge is 2.22. The molecule has 0 aliphatic rings. The molecule has 0 saturated heterocycles. The maximum absolute atomic E-state index is 12.6. The first-order chi connectivity index (χ1) is 13.3. The number of benzene rings is 2. The van der Waals surface area contributed by atoms with Gasteiger partial charge in [0.1, 0.15) is 6.04 Å². The van der Waals surface area contributed by atoms with Gasteiger partial charge < -0.3 is 10.6 Å². The fourth-order valence-electron chi connectivity index (χ4n) is 2.99. The quantitative estimate of drug-likeness (QED) is 0.673. The summed E-state index contributed by atoms with van der Waals surface area (Å²) in [6.07, 6.45) is 0. The third-order valence-electron chi connectivity index (χ3n) is 4.83. The molecule has 152 valence electrons. The smallest absolute Gasteiger partial charge is 0.279 e. The highest BCUT2D eigenvalue weighted by Crippen LogP contribution is 2.18. The molecule has 0 unspecified atom stereocenters. The van der Waals surface area contributed by atoms with Crippen LogP contribution in [0.4, 0.5) is 5.69 Å². The molecule has 0 heterocycles. The SMILES string of the molecule is CCN(CC)S(=O)(=O)c1ccc([C@@H](C)[NH2+]CC(=O)Nc2ccccc2C)cc1. The molecule has 2 aromatic carbocycles. The van der Waals surface area contributed by atoms with Crippen molar-refractivity contribution in [2.45, 2.75) is 38.6 Å². The molecule has 6 nitrogen and oxygen atoms in total. The number of carbonyl (C=O) groups is 1. The Morgan fingerprint density at radius 2 is 1.68 bits per heavy atom. The molecule has 0 aliphatic carbocycles. The lowest BCUT2D eigenvalue weighted by Crippen LogP contribution is -2.86. The number of hydrogen-bond donors (Lipinski definition) is 2. The number of aryl methyl sites for hydroxylation is 1. The van der Waals surface area contributed by atoms with E-state index in [4.69, 9.17) is 0 Å². The Morgan fingerprint density at radius 3 is 2.25 bits per heavy atom. The molecule has 2 rings (SSSR count). The largest absolute Gasteiger partial charge is 0.333 e. The van der Waals surface area contributed by atoms with Crippen LogP contribution in [0, 0.1) is 6.92 Å². The van der Waals surface area contributed by atoms with Crippen molar-refractivity contribution >= 4 is 21.6 Å². The van der Waals surface area contributed by atoms with Crippen molar-refractivity contribution in [3.8, 4) is 0 Å². The third kappa shape index (κ3) is 5.41. The van der Waals surface area contributed by atoms with E-state index in [2.05, 4.69) is 5.32 Å². The first kappa shape index (κ1) is 22.1. The Labute approximate surface area is 168 Å². The van der Waals surface area contributed by atoms with Gasteiger partial charge in [0.05, 0.1) is 4.90 Å². The number of quaternary nitrogens is 1. The van der Waals surface area contributed by atoms with Gasteiger partial charge in [0.15, 0.2) is 6.54 Å². The van der Waals surface area contributed by atoms with Gasteiger partial charge in [0, 0.05) is 24.3 Å². The van der Waals surface area contributed by atoms with E-state index in [9.17, 15) is 13.2 Å². The molecule has 1 amide bonds. The van der Waals surface area contributed by atoms with E-state index >= 15 is 0 Å². The molecule has 7 heteroatoms. The summed E-state index contributed by atoms with van der Waals surface area (Å²) in [5, 5.41) is 4.85. The summed E-state index contributed by atoms with van der Waals surface area (Å²) in [5.74, 6) is -0.0677. The van der Waals surface area contributed by atoms with Crippen LogP contribution < -0.4 is 10.6 Å². The maximum Gasteiger partial charge on any atom is 0.279 e. The van der Waals surface area contributed by atoms with E-state index in [1.54, 1.807) is 12.1 Å². The van der Waals surface area contributed by atoms with Crippen molar-refractivity contribution in [1.82, 2.24) is 4.31 Å². The normalized spacial score (nSPS) is 12.8. The summed E-state index contributed by atoms with van der Waals surface area (Å²) in [4.78, 5) is 12.5. The van der Waals surface area contributed by atoms with Gasteiger partial charge in [0.2, 0.25) is 10.0 Å². The summed E-state index contributed by atoms with van der Waals surface area (Å²) in [6, 6.07) is 14.6. The zero-order chi connectivity index (χ0) is 20.7. The number of nitrogens with one attached hydrogen (secondary N) is 1. The number of amides is 1. The Kier molecular flexibility index (Phi) is 7.74. The summed E-state index contributed by atoms with van der Waals surface area (Å²) < 4.78 is 26.6. The molecule has 2 aromatic rings. The van der Waals surface area contributed by atoms with E-state index < -0.39 is 10.0 Å². The summed E-state index contributed by atoms with van der Waals surface area (Å²) in [6.45, 7) is 8.78. The predicted molar refractivity (Wildman–Crippen MR) is 112 cm³/mol. The van der Waals surface area contributed by atoms with Crippen molar-refractivity contribution in [1.29, 1.82) is 0 Å². The molecule has 0 fully saturated rings. The van der Waals surface area contributed by atoms with Crippen LogP contribution in [-0.2, 0) is 14.8 Å². The molecule has 1 atom stereocenters. The minimum absolute atomic E-state index is 0.0350. The van der Waals surface area contributed by atoms with Crippen LogP contribution in [0.25, 0.3) is 0 Å². The molecule has 0 radical (unpaired) electrons. The van der Waals surface area contributed by atoms with Crippen LogP contribution in [0.5, 0.6) is 0 Å². The first-order valence-electron chi connectivity index (χ1n) is 9.58. The monoisotopic (exact) mass is 404 g/mol. The number of nitrogens with zero attached hydrogens (tertiary/aromatic N) is 1. The molecule has 0 saturated carbocycles. The van der Waals surface area contributed by atoms with Crippen LogP contribution >= 0.6 is 0 Å². The van der Waals surface area contributed by atoms with Gasteiger partial charge in [-0.3, -0.25) is 4.79 Å². The minimum atomic E-state index is -3.45. The second-order valence-corrected chi connectivity index (χ2v) is 8.69. The van der Waals surface area contributed by atoms with Crippen molar-refractivity contribution in [2.24, 2.45) is 0 Å². The average molecular weight is 405 g/mol. The molecule has 0 bridgehead atoms. The second kappa shape index (κ2) is 9.82. The van der Waals surface area contributed by atoms with Crippen LogP contribution in [0.2, 0.25) is 0 Å². The standard InChI is InChI=1S/C21H29N3O3S/c1-5-24(6-2)28(26,27)19-13-11-18(12-14-19)17(4)22-15-21(25)23-20-10-8-7-9-16(20)3/h7-14,17,22H,5-6,15H2,1-4H3,(H,23,25)/p+1/t17-/m1/s1. The van der Waals surface area contributed by atoms with E-state index in [0.717, 1.165) is 16.8 Å². The number of nitrogens with two attached hydrogens (primary N) is 1. The highest BCUT2D eigenvalue weighted by atomic mass is 32.2. The zero-order valence-electron chi connectivity index (χ0n) is 17.0. The molecule has 28 heavy (non-hydrogen) atoms. The minimum Gasteiger partial charge on any atom is -0.333 e. The van der Waals surface area contributed by atoms with Crippen molar-refractivity contribution in [2.75, 3.05) is 25.0 Å². The van der Waals surface area contributed by atoms with Gasteiger partial charge in [0.25, 0.3) is 5.91 Å². The van der Waals surface area contributed by atoms with Crippen LogP contribution in [0.15, 0.2) is 53.4 Å². The van der Waals surface area contributed by atoms with Crippen LogP contribution in [0.3, 0.4) is 0 Å². The number of carbonyl (C=O) groups excluding carboxylic acids is 1. The lowest BCUT2D eigenvalue weighted by atomic mass is 10.1. The van der Waals surface area contributed by atoms with Crippen LogP contribution in [0.1, 0.15) is 37.9 Å². The number of hydrogen-bond acceptors (Lipinski definition) is 3. The number of para-hydroxylation sites is 1. The molecule has 0 spiro atoms. The van der Waals surface area contributed by atoms with Gasteiger partial charge in [-0.2, -0.15) is 4.31 Å². The first-order valence-corrected chi connectivity index (χ1v) is 11.0. The Bertz CT molecular complexity index is 891. The topological polar surface area (TPSA) is 83.1 Å². The summed E-state index contributed by atoms with van der Waals surface area (Å²) in [7, 11) is -3.45. The molecular weight excluding hydrogens is 374 g/mol. The van der Waals surface area contributed by atoms with E-state index in [1.165, 1.54) is 4.31 Å². The lowest BCUT2D eigenvalue weighted by molar-refractivity contribution is -0.682. The van der Waals surface area contributed by atoms with Gasteiger partial charge in [-0.1, -0.05) is 44.2 Å². The summed E-state index contributed by atoms with van der Waals surface area (Å²) in [5.41, 5.74) is 2.82. The average Bonchev–Trinajstić information content (AvgIpc) is 2.68. The maximum atomic E-state index is 12.6. The van der Waals surface area contributed by atoms with Gasteiger partial charge >= 0.3 is 0 Å². The highest BCUT2D eigenvalue weighted by molar-refractivity contribution is 7.89. The van der Waals surface area contributed by atoms with E-state index in [1.807, 2.05) is 69.4 Å². The number of anilines is 1. The predicted octanol–water partition coefficient (Wildman–Crippen LogP) is 2.29. The molecule has 3 N–H and O–H groups in total. The van der Waals surface area contributed by atoms with Gasteiger partial charge in [-0.15, -0.1) is 0 Å². The Hall–Kier alpha value is -2.22. The Morgan fingerprint density at radius 1 is 1.07 bits per heavy atom. The third-order valence-corrected chi connectivity index (χ3v) is 6.89. The van der Waals surface area contributed by atoms with Crippen LogP contribution in [-0.4, -0.2) is 38.3 Å². The summed E-state index contributed by atoms with van der Waals surface area (Å²) >= 11 is 0. The van der Waals surface area contributed by atoms with E-state index in [0.29, 0.717) is 18.0 Å². The lowest BCUT2D eigenvalue weighted by Gasteiger charge is -2.19. The van der Waals surface area contributed by atoms with Crippen molar-refractivity contribution in [3.05, 3.63) is 59.7 Å². The second-order valence-electron chi connectivity index (χ2n) is 6.75. The fraction of sp³-hybridized carbons (Fsp3) is 0.381. The van der Waals surface area contributed by atoms with Crippen molar-refractivity contribution in [3.63, 3.8) is 0 Å². The van der Waals surface area contributed by atoms with Crippen molar-refractivity contribution < 1.29 is 18.5 Å². The zero-order valence-corrected chi connectivity index (χ0v) is 17.8. The fourth-order valence-corrected chi connectivity index (χ4v) is 4.45. The molecule has 0 aliphatic heterocycles. The van der Waals surface area contributed by atoms with E-state index in [-0.39, 0.29) is 18.5 Å². The molecular formula is C21H30N3O3S+. The Balaban J connectivity index is 1.97. The number of rotatable bonds is 9. The van der Waals surface area contributed by atoms with Gasteiger partial charge in [-0.25, -0.2) is 8.42 Å². The molecule has 0 aromatic heterocycles. The van der Waals surface area contributed by atoms with Gasteiger partial charge in [-0.05, 0) is 37.6 Å². The number of sulfonamides is 1.